The summed E-state index contributed by atoms with van der Waals surface area (Å²) in [5.41, 5.74) is 9.58. The third-order valence-corrected chi connectivity index (χ3v) is 35.4. The summed E-state index contributed by atoms with van der Waals surface area (Å²) >= 11 is 0. The van der Waals surface area contributed by atoms with Gasteiger partial charge in [0.05, 0.1) is 39.6 Å². The van der Waals surface area contributed by atoms with Crippen LogP contribution in [0.3, 0.4) is 0 Å². The molecular formula is C100H160O10. The van der Waals surface area contributed by atoms with Crippen molar-refractivity contribution in [2.75, 3.05) is 46.2 Å². The van der Waals surface area contributed by atoms with Crippen LogP contribution >= 0.6 is 0 Å². The molecule has 10 heteroatoms. The van der Waals surface area contributed by atoms with Gasteiger partial charge in [0.15, 0.2) is 28.9 Å². The Labute approximate surface area is 671 Å². The second kappa shape index (κ2) is 36.7. The minimum Gasteiger partial charge on any atom is -0.396 e. The number of hydrogen-bond donors (Lipinski definition) is 1. The quantitative estimate of drug-likeness (QED) is 0.189. The van der Waals surface area contributed by atoms with Gasteiger partial charge in [-0.05, 0) is 293 Å². The van der Waals surface area contributed by atoms with E-state index in [-0.39, 0.29) is 45.4 Å². The second-order valence-electron chi connectivity index (χ2n) is 39.9. The molecule has 15 rings (SSSR count). The van der Waals surface area contributed by atoms with E-state index >= 15 is 0 Å². The normalized spacial score (nSPS) is 42.1. The highest BCUT2D eigenvalue weighted by molar-refractivity contribution is 5.95. The Morgan fingerprint density at radius 1 is 0.373 bits per heavy atom. The SMILES string of the molecule is C=C(C)[C@H]1CC[C@H](CC)[C@]2(C=CC(=O)C2)C1.C=C(C)[C@H]1CC[C@H](CC)[C@]2(C=CC(=O)C2C)C1.C=C(C)[C@H]1CC[C@H](CC)[C@]2(CCC(=O)C2C)C1.C=C(C)[C@H]1CC[C@H](CC)[C@]2(CCC3(OCCO3)C2C)C1.C=C(C)[C@H]1CC[C@H](CC)[C@]2(CCC3(OCCO3)C2C)C1.C=C(C)[C@H]1CC[C@H](CO)[C@]2(CCC3(OCCO3)C2C)C1. The first-order chi connectivity index (χ1) is 52.2. The molecule has 5 unspecified atom stereocenters. The highest BCUT2D eigenvalue weighted by atomic mass is 16.7. The minimum absolute atomic E-state index is 0.133. The Bertz CT molecular complexity index is 3120. The van der Waals surface area contributed by atoms with E-state index in [1.165, 1.54) is 168 Å². The summed E-state index contributed by atoms with van der Waals surface area (Å²) in [5, 5.41) is 9.89. The number of carbonyl (C=O) groups excluding carboxylic acids is 3. The third kappa shape index (κ3) is 17.2. The molecule has 3 aliphatic heterocycles. The lowest BCUT2D eigenvalue weighted by Crippen LogP contribution is -2.47. The lowest BCUT2D eigenvalue weighted by molar-refractivity contribution is -0.198. The predicted octanol–water partition coefficient (Wildman–Crippen LogP) is 24.7. The van der Waals surface area contributed by atoms with Crippen LogP contribution in [0.5, 0.6) is 0 Å². The first-order valence-corrected chi connectivity index (χ1v) is 45.6. The minimum atomic E-state index is -0.371. The molecule has 0 radical (unpaired) electrons. The van der Waals surface area contributed by atoms with Gasteiger partial charge in [0, 0.05) is 73.7 Å². The average Bonchev–Trinajstić information content (AvgIpc) is 1.58. The largest absolute Gasteiger partial charge is 0.396 e. The molecule has 620 valence electrons. The molecule has 0 amide bonds. The van der Waals surface area contributed by atoms with Crippen LogP contribution in [0.4, 0.5) is 0 Å². The monoisotopic (exact) mass is 1520 g/mol. The highest BCUT2D eigenvalue weighted by Crippen LogP contribution is 2.67. The van der Waals surface area contributed by atoms with Gasteiger partial charge in [-0.25, -0.2) is 0 Å². The molecule has 0 aromatic carbocycles. The zero-order valence-electron chi connectivity index (χ0n) is 73.1. The molecule has 0 bridgehead atoms. The van der Waals surface area contributed by atoms with Crippen LogP contribution in [0.1, 0.15) is 316 Å². The van der Waals surface area contributed by atoms with Gasteiger partial charge < -0.3 is 33.5 Å². The number of carbonyl (C=O) groups is 3. The molecule has 3 saturated heterocycles. The Balaban J connectivity index is 0.000000141. The number of Topliss-reactive ketones (excluding diaryl/α,β-unsaturated/α-hetero) is 1. The smallest absolute Gasteiger partial charge is 0.171 e. The summed E-state index contributed by atoms with van der Waals surface area (Å²) in [6.45, 7) is 65.7. The van der Waals surface area contributed by atoms with E-state index in [4.69, 9.17) is 28.4 Å². The molecule has 12 aliphatic carbocycles. The molecular weight excluding hydrogens is 1360 g/mol. The standard InChI is InChI=1S/2C18H30O2.C17H28O3.C16H26O.C16H24O.C15H22O/c2*1-5-16-7-6-15(13(2)3)12-17(16)8-9-18(14(17)4)19-10-11-20-18;1-12(2)14-4-5-15(11-18)16(10-14)6-7-17(13(16)3)19-8-9-20-17;2*1-5-14-7-6-13(11(2)3)10-16(14)9-8-15(17)12(16)4;1-4-13-6-5-12(11(2)3)9-15(13)8-7-14(16)10-15/h2*14-16H,2,5-12H2,1,3-4H3;13-15,18H,1,4-11H2,2-3H3;12-14H,2,5-10H2,1,3-4H3;8-9,12-14H,2,5-7,10H2,1,3-4H3;7-8,12-13H,2,4-6,9-10H2,1,3H3/t2*14?,15-,16-,17+;13?,14-,15+,16+;2*12?,13-,14-,16+;12-,13-,15+/m000000/s1. The van der Waals surface area contributed by atoms with E-state index in [1.807, 2.05) is 12.2 Å². The lowest BCUT2D eigenvalue weighted by Gasteiger charge is -2.49. The van der Waals surface area contributed by atoms with Crippen molar-refractivity contribution < 1.29 is 47.9 Å². The molecule has 0 aromatic rings. The fourth-order valence-corrected chi connectivity index (χ4v) is 27.8. The van der Waals surface area contributed by atoms with Gasteiger partial charge in [-0.3, -0.25) is 14.4 Å². The van der Waals surface area contributed by atoms with E-state index in [2.05, 4.69) is 162 Å². The van der Waals surface area contributed by atoms with Gasteiger partial charge in [-0.2, -0.15) is 0 Å². The van der Waals surface area contributed by atoms with E-state index in [1.54, 1.807) is 0 Å². The number of ketones is 3. The van der Waals surface area contributed by atoms with Crippen molar-refractivity contribution in [3.8, 4) is 0 Å². The van der Waals surface area contributed by atoms with Crippen molar-refractivity contribution in [2.24, 2.45) is 133 Å². The predicted molar refractivity (Wildman–Crippen MR) is 452 cm³/mol. The maximum absolute atomic E-state index is 12.0. The molecule has 15 aliphatic rings. The van der Waals surface area contributed by atoms with Crippen molar-refractivity contribution in [3.05, 3.63) is 97.2 Å². The summed E-state index contributed by atoms with van der Waals surface area (Å²) in [7, 11) is 0. The summed E-state index contributed by atoms with van der Waals surface area (Å²) in [4.78, 5) is 35.4. The molecule has 10 saturated carbocycles. The molecule has 23 atom stereocenters. The van der Waals surface area contributed by atoms with Crippen molar-refractivity contribution in [1.82, 2.24) is 0 Å². The number of hydrogen-bond acceptors (Lipinski definition) is 10. The zero-order chi connectivity index (χ0) is 80.2. The van der Waals surface area contributed by atoms with Crippen LogP contribution < -0.4 is 0 Å². The molecule has 13 fully saturated rings. The Morgan fingerprint density at radius 3 is 1.00 bits per heavy atom. The van der Waals surface area contributed by atoms with Crippen molar-refractivity contribution >= 4 is 17.3 Å². The summed E-state index contributed by atoms with van der Waals surface area (Å²) in [6.07, 6.45) is 46.3. The first kappa shape index (κ1) is 89.0. The highest BCUT2D eigenvalue weighted by Gasteiger charge is 2.65. The van der Waals surface area contributed by atoms with Crippen molar-refractivity contribution in [3.63, 3.8) is 0 Å². The van der Waals surface area contributed by atoms with E-state index in [0.717, 1.165) is 115 Å². The van der Waals surface area contributed by atoms with Crippen LogP contribution in [-0.4, -0.2) is 86.1 Å². The second-order valence-corrected chi connectivity index (χ2v) is 39.9. The first-order valence-electron chi connectivity index (χ1n) is 45.6. The fraction of sp³-hybridized carbons (Fsp3) is 0.810. The molecule has 10 nitrogen and oxygen atoms in total. The summed E-state index contributed by atoms with van der Waals surface area (Å²) in [5.74, 6) is 10.2. The van der Waals surface area contributed by atoms with Crippen LogP contribution in [0.2, 0.25) is 0 Å². The molecule has 110 heavy (non-hydrogen) atoms. The average molecular weight is 1520 g/mol. The van der Waals surface area contributed by atoms with Gasteiger partial charge in [-0.1, -0.05) is 186 Å². The number of aliphatic hydroxyl groups is 1. The van der Waals surface area contributed by atoms with Gasteiger partial charge in [0.25, 0.3) is 0 Å². The number of rotatable bonds is 12. The summed E-state index contributed by atoms with van der Waals surface area (Å²) in [6, 6.07) is 0. The number of aliphatic hydroxyl groups excluding tert-OH is 1. The van der Waals surface area contributed by atoms with Crippen molar-refractivity contribution in [2.45, 2.75) is 334 Å². The van der Waals surface area contributed by atoms with E-state index < -0.39 is 0 Å². The lowest BCUT2D eigenvalue weighted by atomic mass is 9.56. The molecule has 9 spiro atoms. The maximum Gasteiger partial charge on any atom is 0.171 e. The molecule has 0 aromatic heterocycles. The maximum atomic E-state index is 12.0. The third-order valence-electron chi connectivity index (χ3n) is 35.4. The van der Waals surface area contributed by atoms with Gasteiger partial charge in [-0.15, -0.1) is 0 Å². The summed E-state index contributed by atoms with van der Waals surface area (Å²) < 4.78 is 36.3. The fourth-order valence-electron chi connectivity index (χ4n) is 27.8. The Morgan fingerprint density at radius 2 is 0.691 bits per heavy atom. The molecule has 3 heterocycles. The van der Waals surface area contributed by atoms with Gasteiger partial charge in [0.1, 0.15) is 5.78 Å². The Hall–Kier alpha value is -3.35. The van der Waals surface area contributed by atoms with Gasteiger partial charge >= 0.3 is 0 Å². The van der Waals surface area contributed by atoms with Crippen LogP contribution in [0, 0.1) is 133 Å². The number of allylic oxidation sites excluding steroid dienone is 10. The van der Waals surface area contributed by atoms with Crippen LogP contribution in [-0.2, 0) is 42.8 Å². The number of ether oxygens (including phenoxy) is 6. The topological polar surface area (TPSA) is 127 Å². The Kier molecular flexibility index (Phi) is 29.7. The van der Waals surface area contributed by atoms with Gasteiger partial charge in [0.2, 0.25) is 0 Å². The van der Waals surface area contributed by atoms with Crippen molar-refractivity contribution in [1.29, 1.82) is 0 Å². The van der Waals surface area contributed by atoms with E-state index in [9.17, 15) is 19.5 Å². The molecule has 1 N–H and O–H groups in total. The zero-order valence-corrected chi connectivity index (χ0v) is 73.1. The van der Waals surface area contributed by atoms with Crippen LogP contribution in [0.15, 0.2) is 97.2 Å². The van der Waals surface area contributed by atoms with E-state index in [0.29, 0.717) is 124 Å². The van der Waals surface area contributed by atoms with Crippen LogP contribution in [0.25, 0.3) is 0 Å².